The summed E-state index contributed by atoms with van der Waals surface area (Å²) < 4.78 is 0. The molecule has 10 atom stereocenters. The number of allylic oxidation sites excluding steroid dienone is 1. The number of aliphatic hydroxyl groups is 6. The fraction of sp³-hybridized carbons (Fsp3) is 0.889. The molecule has 0 radical (unpaired) electrons. The molecular formula is C27H44O7. The molecule has 0 spiro atoms. The highest BCUT2D eigenvalue weighted by atomic mass is 16.3. The van der Waals surface area contributed by atoms with Crippen LogP contribution in [0.1, 0.15) is 86.0 Å². The van der Waals surface area contributed by atoms with Crippen molar-refractivity contribution in [1.82, 2.24) is 0 Å². The Morgan fingerprint density at radius 2 is 1.71 bits per heavy atom. The molecule has 7 heteroatoms. The van der Waals surface area contributed by atoms with Crippen molar-refractivity contribution in [1.29, 1.82) is 0 Å². The van der Waals surface area contributed by atoms with E-state index in [0.717, 1.165) is 0 Å². The summed E-state index contributed by atoms with van der Waals surface area (Å²) in [4.78, 5) is 13.2. The van der Waals surface area contributed by atoms with Crippen LogP contribution in [-0.2, 0) is 4.79 Å². The summed E-state index contributed by atoms with van der Waals surface area (Å²) in [6, 6.07) is 0. The molecule has 0 aromatic heterocycles. The van der Waals surface area contributed by atoms with Crippen LogP contribution in [0.4, 0.5) is 0 Å². The lowest BCUT2D eigenvalue weighted by atomic mass is 9.45. The van der Waals surface area contributed by atoms with Gasteiger partial charge in [0.1, 0.15) is 0 Å². The van der Waals surface area contributed by atoms with Gasteiger partial charge in [-0.1, -0.05) is 13.8 Å². The Balaban J connectivity index is 1.66. The van der Waals surface area contributed by atoms with Crippen LogP contribution in [0.3, 0.4) is 0 Å². The highest BCUT2D eigenvalue weighted by Gasteiger charge is 2.69. The first-order valence-electron chi connectivity index (χ1n) is 12.9. The van der Waals surface area contributed by atoms with Gasteiger partial charge in [-0.3, -0.25) is 4.79 Å². The number of ketones is 1. The Morgan fingerprint density at radius 1 is 1.06 bits per heavy atom. The minimum atomic E-state index is -1.46. The third kappa shape index (κ3) is 3.73. The minimum Gasteiger partial charge on any atom is -0.390 e. The predicted octanol–water partition coefficient (Wildman–Crippen LogP) is 1.85. The van der Waals surface area contributed by atoms with Crippen LogP contribution in [0.15, 0.2) is 11.6 Å². The maximum atomic E-state index is 13.2. The minimum absolute atomic E-state index is 0.0840. The van der Waals surface area contributed by atoms with Crippen LogP contribution < -0.4 is 0 Å². The molecule has 4 aliphatic carbocycles. The summed E-state index contributed by atoms with van der Waals surface area (Å²) in [5.74, 6) is -0.948. The van der Waals surface area contributed by atoms with E-state index in [1.54, 1.807) is 26.8 Å². The SMILES string of the molecule is CC(C)(O)CCC(O)[C@@](C)(O)C1CC[C@]2(O)C3=CC(=O)C4CC(O)C(O)C[C@]4(C)C3CC[C@]12C. The first kappa shape index (κ1) is 26.2. The van der Waals surface area contributed by atoms with E-state index < -0.39 is 45.9 Å². The Bertz CT molecular complexity index is 860. The van der Waals surface area contributed by atoms with Crippen molar-refractivity contribution in [3.05, 3.63) is 11.6 Å². The van der Waals surface area contributed by atoms with Crippen LogP contribution in [-0.4, -0.2) is 71.5 Å². The molecule has 4 rings (SSSR count). The van der Waals surface area contributed by atoms with Crippen LogP contribution in [0.2, 0.25) is 0 Å². The van der Waals surface area contributed by atoms with Gasteiger partial charge in [0.2, 0.25) is 0 Å². The molecule has 0 bridgehead atoms. The van der Waals surface area contributed by atoms with E-state index >= 15 is 0 Å². The van der Waals surface area contributed by atoms with Crippen molar-refractivity contribution in [2.45, 2.75) is 121 Å². The van der Waals surface area contributed by atoms with Crippen LogP contribution in [0, 0.1) is 28.6 Å². The van der Waals surface area contributed by atoms with Crippen LogP contribution in [0.5, 0.6) is 0 Å². The second-order valence-corrected chi connectivity index (χ2v) is 13.2. The van der Waals surface area contributed by atoms with Crippen molar-refractivity contribution in [3.8, 4) is 0 Å². The van der Waals surface area contributed by atoms with Gasteiger partial charge < -0.3 is 30.6 Å². The molecule has 0 aromatic rings. The molecule has 34 heavy (non-hydrogen) atoms. The third-order valence-corrected chi connectivity index (χ3v) is 10.5. The smallest absolute Gasteiger partial charge is 0.159 e. The predicted molar refractivity (Wildman–Crippen MR) is 127 cm³/mol. The number of carbonyl (C=O) groups excluding carboxylic acids is 1. The molecule has 3 saturated carbocycles. The number of hydrogen-bond acceptors (Lipinski definition) is 7. The zero-order chi connectivity index (χ0) is 25.5. The van der Waals surface area contributed by atoms with Crippen molar-refractivity contribution in [3.63, 3.8) is 0 Å². The zero-order valence-corrected chi connectivity index (χ0v) is 21.3. The first-order valence-corrected chi connectivity index (χ1v) is 12.9. The largest absolute Gasteiger partial charge is 0.390 e. The molecule has 6 unspecified atom stereocenters. The second-order valence-electron chi connectivity index (χ2n) is 13.2. The highest BCUT2D eigenvalue weighted by Crippen LogP contribution is 2.68. The Morgan fingerprint density at radius 3 is 2.32 bits per heavy atom. The summed E-state index contributed by atoms with van der Waals surface area (Å²) in [6.07, 6.45) is 2.11. The van der Waals surface area contributed by atoms with Crippen molar-refractivity contribution < 1.29 is 35.4 Å². The third-order valence-electron chi connectivity index (χ3n) is 10.5. The quantitative estimate of drug-likeness (QED) is 0.353. The molecule has 194 valence electrons. The Kier molecular flexibility index (Phi) is 6.24. The Hall–Kier alpha value is -0.830. The molecule has 0 aromatic carbocycles. The van der Waals surface area contributed by atoms with Crippen molar-refractivity contribution in [2.24, 2.45) is 28.6 Å². The van der Waals surface area contributed by atoms with Gasteiger partial charge in [0.05, 0.1) is 35.1 Å². The molecule has 7 nitrogen and oxygen atoms in total. The zero-order valence-electron chi connectivity index (χ0n) is 21.3. The fourth-order valence-corrected chi connectivity index (χ4v) is 8.32. The number of hydrogen-bond donors (Lipinski definition) is 6. The number of aliphatic hydroxyl groups excluding tert-OH is 3. The van der Waals surface area contributed by atoms with Gasteiger partial charge >= 0.3 is 0 Å². The maximum Gasteiger partial charge on any atom is 0.159 e. The van der Waals surface area contributed by atoms with E-state index in [9.17, 15) is 35.4 Å². The summed E-state index contributed by atoms with van der Waals surface area (Å²) in [5, 5.41) is 65.5. The molecule has 0 saturated heterocycles. The molecule has 0 aliphatic heterocycles. The monoisotopic (exact) mass is 480 g/mol. The molecule has 6 N–H and O–H groups in total. The van der Waals surface area contributed by atoms with Gasteiger partial charge in [-0.05, 0) is 101 Å². The number of carbonyl (C=O) groups is 1. The highest BCUT2D eigenvalue weighted by molar-refractivity contribution is 5.95. The summed E-state index contributed by atoms with van der Waals surface area (Å²) in [7, 11) is 0. The van der Waals surface area contributed by atoms with Crippen molar-refractivity contribution >= 4 is 5.78 Å². The number of rotatable bonds is 5. The van der Waals surface area contributed by atoms with Crippen molar-refractivity contribution in [2.75, 3.05) is 0 Å². The lowest BCUT2D eigenvalue weighted by Gasteiger charge is -2.60. The van der Waals surface area contributed by atoms with E-state index in [1.165, 1.54) is 0 Å². The molecular weight excluding hydrogens is 436 g/mol. The Labute approximate surface area is 202 Å². The molecule has 0 amide bonds. The van der Waals surface area contributed by atoms with Gasteiger partial charge in [-0.2, -0.15) is 0 Å². The van der Waals surface area contributed by atoms with Crippen LogP contribution >= 0.6 is 0 Å². The van der Waals surface area contributed by atoms with Gasteiger partial charge in [-0.15, -0.1) is 0 Å². The number of fused-ring (bicyclic) bond motifs is 5. The molecule has 4 aliphatic rings. The van der Waals surface area contributed by atoms with Gasteiger partial charge in [-0.25, -0.2) is 0 Å². The molecule has 0 heterocycles. The molecule has 3 fully saturated rings. The summed E-state index contributed by atoms with van der Waals surface area (Å²) >= 11 is 0. The van der Waals surface area contributed by atoms with Gasteiger partial charge in [0.25, 0.3) is 0 Å². The van der Waals surface area contributed by atoms with E-state index in [2.05, 4.69) is 0 Å². The van der Waals surface area contributed by atoms with Gasteiger partial charge in [0.15, 0.2) is 5.78 Å². The standard InChI is InChI=1S/C27H44O7/c1-23(2,32)9-8-22(31)26(5,33)21-7-11-27(34)16-12-18(28)17-13-19(29)20(30)14-24(17,3)15(16)6-10-25(21,27)4/h12,15,17,19-22,29-34H,6-11,13-14H2,1-5H3/t15?,17?,19?,20?,21?,22?,24-,25-,26+,27+/m1/s1. The second kappa shape index (κ2) is 8.09. The van der Waals surface area contributed by atoms with E-state index in [-0.39, 0.29) is 36.4 Å². The maximum absolute atomic E-state index is 13.2. The lowest BCUT2D eigenvalue weighted by Crippen LogP contribution is -2.62. The van der Waals surface area contributed by atoms with Crippen LogP contribution in [0.25, 0.3) is 0 Å². The summed E-state index contributed by atoms with van der Waals surface area (Å²) in [6.45, 7) is 8.96. The first-order chi connectivity index (χ1) is 15.5. The average molecular weight is 481 g/mol. The van der Waals surface area contributed by atoms with E-state index in [0.29, 0.717) is 44.1 Å². The fourth-order valence-electron chi connectivity index (χ4n) is 8.32. The topological polar surface area (TPSA) is 138 Å². The van der Waals surface area contributed by atoms with E-state index in [4.69, 9.17) is 0 Å². The average Bonchev–Trinajstić information content (AvgIpc) is 3.00. The van der Waals surface area contributed by atoms with Gasteiger partial charge in [0, 0.05) is 11.3 Å². The normalized spacial score (nSPS) is 47.2. The lowest BCUT2D eigenvalue weighted by molar-refractivity contribution is -0.177. The summed E-state index contributed by atoms with van der Waals surface area (Å²) in [5.41, 5.74) is -4.27. The van der Waals surface area contributed by atoms with E-state index in [1.807, 2.05) is 13.8 Å².